The molecule has 2 N–H and O–H groups in total. The molecule has 0 aliphatic carbocycles. The summed E-state index contributed by atoms with van der Waals surface area (Å²) in [7, 11) is 0. The van der Waals surface area contributed by atoms with Crippen molar-refractivity contribution < 1.29 is 43.3 Å². The number of hydrogen-bond donors (Lipinski definition) is 2. The van der Waals surface area contributed by atoms with Crippen LogP contribution in [-0.2, 0) is 9.53 Å². The molecule has 0 saturated carbocycles. The first kappa shape index (κ1) is 30.9. The van der Waals surface area contributed by atoms with Crippen molar-refractivity contribution in [3.63, 3.8) is 0 Å². The second-order valence-electron chi connectivity index (χ2n) is 12.6. The molecule has 2 aliphatic rings. The Balaban J connectivity index is 1.90. The molecule has 2 aliphatic heterocycles. The van der Waals surface area contributed by atoms with Crippen molar-refractivity contribution >= 4 is 12.1 Å². The number of aliphatic carboxylic acids is 1. The van der Waals surface area contributed by atoms with Gasteiger partial charge in [0.1, 0.15) is 23.5 Å². The van der Waals surface area contributed by atoms with E-state index in [-0.39, 0.29) is 25.1 Å². The second kappa shape index (κ2) is 11.7. The van der Waals surface area contributed by atoms with Crippen molar-refractivity contribution in [1.82, 2.24) is 0 Å². The fraction of sp³-hybridized carbons (Fsp3) is 0.562. The smallest absolute Gasteiger partial charge is 0.316 e. The van der Waals surface area contributed by atoms with E-state index in [0.717, 1.165) is 19.3 Å². The number of carbonyl (C=O) groups excluding carboxylic acids is 1. The Morgan fingerprint density at radius 2 is 1.93 bits per heavy atom. The number of likely N-dealkylation sites (tertiary alicyclic amines) is 1. The van der Waals surface area contributed by atoms with Crippen LogP contribution in [0, 0.1) is 24.1 Å². The lowest BCUT2D eigenvalue weighted by Gasteiger charge is -2.59. The summed E-state index contributed by atoms with van der Waals surface area (Å²) in [5.74, 6) is -3.01. The van der Waals surface area contributed by atoms with Crippen LogP contribution in [0.15, 0.2) is 42.5 Å². The van der Waals surface area contributed by atoms with Crippen molar-refractivity contribution in [2.45, 2.75) is 84.2 Å². The number of aliphatic hydroxyl groups excluding tert-OH is 1. The fourth-order valence-corrected chi connectivity index (χ4v) is 6.87. The Hall–Kier alpha value is -3.01. The minimum absolute atomic E-state index is 0.0672. The molecule has 2 aromatic carbocycles. The topological polar surface area (TPSA) is 116 Å². The SMILES string of the molecule is CC[C@]1(C(=O)O)C[N@@+](C(=O)[O-])(C(C)(C)C)C[C@H](C(O)c2cccc(O[C@H]3CCCCO3)c2)[C@H]1c1cccc(F)c1C. The van der Waals surface area contributed by atoms with Gasteiger partial charge in [0.2, 0.25) is 0 Å². The van der Waals surface area contributed by atoms with Crippen molar-refractivity contribution in [2.75, 3.05) is 19.7 Å². The van der Waals surface area contributed by atoms with E-state index in [1.807, 2.05) is 0 Å². The fourth-order valence-electron chi connectivity index (χ4n) is 6.87. The number of nitrogens with zero attached hydrogens (tertiary/aromatic N) is 1. The van der Waals surface area contributed by atoms with Crippen LogP contribution in [-0.4, -0.2) is 58.3 Å². The van der Waals surface area contributed by atoms with Gasteiger partial charge in [-0.25, -0.2) is 4.39 Å². The zero-order valence-electron chi connectivity index (χ0n) is 24.6. The molecule has 0 aromatic heterocycles. The number of piperidine rings is 1. The number of aliphatic hydroxyl groups is 1. The zero-order valence-corrected chi connectivity index (χ0v) is 24.6. The average molecular weight is 572 g/mol. The number of carboxylic acid groups (broad SMARTS) is 2. The largest absolute Gasteiger partial charge is 0.498 e. The Labute approximate surface area is 241 Å². The first-order chi connectivity index (χ1) is 19.3. The first-order valence-corrected chi connectivity index (χ1v) is 14.4. The van der Waals surface area contributed by atoms with Crippen LogP contribution in [0.25, 0.3) is 0 Å². The molecule has 1 unspecified atom stereocenters. The van der Waals surface area contributed by atoms with Gasteiger partial charge in [-0.05, 0) is 81.8 Å². The Kier molecular flexibility index (Phi) is 8.83. The summed E-state index contributed by atoms with van der Waals surface area (Å²) in [4.78, 5) is 26.3. The van der Waals surface area contributed by atoms with E-state index in [9.17, 15) is 29.3 Å². The lowest BCUT2D eigenvalue weighted by atomic mass is 9.58. The molecule has 8 nitrogen and oxygen atoms in total. The van der Waals surface area contributed by atoms with Crippen LogP contribution < -0.4 is 9.84 Å². The highest BCUT2D eigenvalue weighted by atomic mass is 19.1. The highest BCUT2D eigenvalue weighted by molar-refractivity contribution is 5.77. The monoisotopic (exact) mass is 571 g/mol. The third kappa shape index (κ3) is 5.59. The van der Waals surface area contributed by atoms with Gasteiger partial charge in [-0.15, -0.1) is 0 Å². The van der Waals surface area contributed by atoms with Crippen molar-refractivity contribution in [1.29, 1.82) is 0 Å². The Morgan fingerprint density at radius 1 is 1.22 bits per heavy atom. The molecule has 0 bridgehead atoms. The summed E-state index contributed by atoms with van der Waals surface area (Å²) in [6.45, 7) is 8.73. The molecular weight excluding hydrogens is 529 g/mol. The normalized spacial score (nSPS) is 29.5. The van der Waals surface area contributed by atoms with Crippen LogP contribution in [0.4, 0.5) is 9.18 Å². The molecule has 2 saturated heterocycles. The van der Waals surface area contributed by atoms with E-state index in [2.05, 4.69) is 0 Å². The van der Waals surface area contributed by atoms with Gasteiger partial charge in [-0.3, -0.25) is 9.28 Å². The molecule has 9 heteroatoms. The number of quaternary nitrogens is 1. The van der Waals surface area contributed by atoms with Crippen LogP contribution in [0.3, 0.4) is 0 Å². The number of carbonyl (C=O) groups is 2. The standard InChI is InChI=1S/C32H42FNO7/c1-6-32(29(36)37)19-34(30(38)39,31(3,4)5)18-24(27(32)23-13-10-14-25(33)20(23)2)28(35)21-11-9-12-22(17-21)41-26-15-7-8-16-40-26/h9-14,17,24,26-28,35H,6-8,15-16,18-19H2,1-5H3,(H-,36,37,38,39)/t24-,26-,27+,28?,32-,34-/m0/s1. The predicted octanol–water partition coefficient (Wildman–Crippen LogP) is 4.93. The summed E-state index contributed by atoms with van der Waals surface area (Å²) < 4.78 is 26.0. The number of amides is 1. The minimum Gasteiger partial charge on any atom is -0.498 e. The highest BCUT2D eigenvalue weighted by Crippen LogP contribution is 2.56. The molecule has 0 spiro atoms. The molecule has 4 rings (SSSR count). The number of benzene rings is 2. The van der Waals surface area contributed by atoms with E-state index >= 15 is 0 Å². The van der Waals surface area contributed by atoms with Gasteiger partial charge in [0.15, 0.2) is 6.29 Å². The third-order valence-electron chi connectivity index (χ3n) is 9.44. The molecule has 2 fully saturated rings. The summed E-state index contributed by atoms with van der Waals surface area (Å²) >= 11 is 0. The van der Waals surface area contributed by atoms with Gasteiger partial charge in [0.25, 0.3) is 6.09 Å². The van der Waals surface area contributed by atoms with E-state index in [0.29, 0.717) is 23.5 Å². The summed E-state index contributed by atoms with van der Waals surface area (Å²) in [5, 5.41) is 35.9. The van der Waals surface area contributed by atoms with Crippen LogP contribution in [0.1, 0.15) is 82.1 Å². The first-order valence-electron chi connectivity index (χ1n) is 14.4. The maximum absolute atomic E-state index is 14.9. The van der Waals surface area contributed by atoms with Gasteiger partial charge in [0, 0.05) is 18.3 Å². The second-order valence-corrected chi connectivity index (χ2v) is 12.6. The van der Waals surface area contributed by atoms with Crippen LogP contribution in [0.5, 0.6) is 5.75 Å². The molecule has 0 radical (unpaired) electrons. The quantitative estimate of drug-likeness (QED) is 0.453. The van der Waals surface area contributed by atoms with E-state index in [1.165, 1.54) is 12.1 Å². The number of carboxylic acids is 1. The van der Waals surface area contributed by atoms with Crippen LogP contribution in [0.2, 0.25) is 0 Å². The van der Waals surface area contributed by atoms with Crippen molar-refractivity contribution in [3.05, 3.63) is 65.0 Å². The van der Waals surface area contributed by atoms with E-state index < -0.39 is 57.5 Å². The third-order valence-corrected chi connectivity index (χ3v) is 9.44. The number of halogens is 1. The number of hydrogen-bond acceptors (Lipinski definition) is 6. The van der Waals surface area contributed by atoms with Gasteiger partial charge in [0.05, 0.1) is 24.8 Å². The maximum atomic E-state index is 14.9. The predicted molar refractivity (Wildman–Crippen MR) is 148 cm³/mol. The van der Waals surface area contributed by atoms with Crippen molar-refractivity contribution in [2.24, 2.45) is 11.3 Å². The number of ether oxygens (including phenoxy) is 2. The molecule has 224 valence electrons. The summed E-state index contributed by atoms with van der Waals surface area (Å²) in [6.07, 6.45) is -0.345. The average Bonchev–Trinajstić information content (AvgIpc) is 2.93. The Morgan fingerprint density at radius 3 is 2.51 bits per heavy atom. The van der Waals surface area contributed by atoms with Crippen LogP contribution >= 0.6 is 0 Å². The molecule has 2 aromatic rings. The van der Waals surface area contributed by atoms with Crippen molar-refractivity contribution in [3.8, 4) is 5.75 Å². The molecule has 41 heavy (non-hydrogen) atoms. The van der Waals surface area contributed by atoms with E-state index in [4.69, 9.17) is 9.47 Å². The maximum Gasteiger partial charge on any atom is 0.316 e. The molecular formula is C32H42FNO7. The molecule has 2 heterocycles. The van der Waals surface area contributed by atoms with Gasteiger partial charge in [-0.1, -0.05) is 31.2 Å². The van der Waals surface area contributed by atoms with E-state index in [1.54, 1.807) is 65.0 Å². The lowest BCUT2D eigenvalue weighted by Crippen LogP contribution is -2.76. The van der Waals surface area contributed by atoms with Gasteiger partial charge >= 0.3 is 5.97 Å². The molecule has 6 atom stereocenters. The highest BCUT2D eigenvalue weighted by Gasteiger charge is 2.64. The molecule has 1 amide bonds. The summed E-state index contributed by atoms with van der Waals surface area (Å²) in [6, 6.07) is 11.4. The minimum atomic E-state index is -1.64. The zero-order chi connectivity index (χ0) is 30.2. The van der Waals surface area contributed by atoms with Gasteiger partial charge in [-0.2, -0.15) is 0 Å². The Bertz CT molecular complexity index is 1270. The lowest BCUT2D eigenvalue weighted by molar-refractivity contribution is -0.933. The number of rotatable bonds is 7. The van der Waals surface area contributed by atoms with Gasteiger partial charge < -0.3 is 29.6 Å². The summed E-state index contributed by atoms with van der Waals surface area (Å²) in [5.41, 5.74) is -1.42.